The molecule has 3 heteroatoms. The van der Waals surface area contributed by atoms with Gasteiger partial charge in [0.15, 0.2) is 0 Å². The van der Waals surface area contributed by atoms with Crippen molar-refractivity contribution in [3.63, 3.8) is 0 Å². The molecule has 0 fully saturated rings. The zero-order valence-corrected chi connectivity index (χ0v) is 2.55. The highest BCUT2D eigenvalue weighted by Crippen LogP contribution is 1.77. The van der Waals surface area contributed by atoms with E-state index in [4.69, 9.17) is 5.73 Å². The number of rotatable bonds is 0. The third-order valence-corrected chi connectivity index (χ3v) is 0.380. The Bertz CT molecular complexity index is 91.1. The molecule has 0 atom stereocenters. The molecule has 2 N–H and O–H groups in total. The Morgan fingerprint density at radius 3 is 2.20 bits per heavy atom. The zero-order valence-electron chi connectivity index (χ0n) is 2.55. The fourth-order valence-corrected chi connectivity index (χ4v) is 0.124. The van der Waals surface area contributed by atoms with Crippen LogP contribution in [0.3, 0.4) is 0 Å². The summed E-state index contributed by atoms with van der Waals surface area (Å²) in [6.07, 6.45) is 1.41. The second-order valence-corrected chi connectivity index (χ2v) is 0.732. The van der Waals surface area contributed by atoms with Crippen molar-refractivity contribution in [2.24, 2.45) is 15.7 Å². The number of nitrogens with two attached hydrogens (primary N) is 1. The van der Waals surface area contributed by atoms with Gasteiger partial charge >= 0.3 is 0 Å². The van der Waals surface area contributed by atoms with Gasteiger partial charge < -0.3 is 5.73 Å². The van der Waals surface area contributed by atoms with Crippen molar-refractivity contribution in [1.29, 1.82) is 0 Å². The fraction of sp³-hybridized carbons (Fsp3) is 0. The highest BCUT2D eigenvalue weighted by Gasteiger charge is 1.86. The zero-order chi connectivity index (χ0) is 3.70. The van der Waals surface area contributed by atoms with E-state index in [1.165, 1.54) is 6.34 Å². The first-order valence-corrected chi connectivity index (χ1v) is 1.25. The van der Waals surface area contributed by atoms with Gasteiger partial charge in [-0.3, -0.25) is 0 Å². The maximum atomic E-state index is 4.93. The molecule has 3 nitrogen and oxygen atoms in total. The number of hydrogen-bond donors (Lipinski definition) is 1. The van der Waals surface area contributed by atoms with Crippen LogP contribution in [0.2, 0.25) is 0 Å². The molecule has 26 valence electrons. The van der Waals surface area contributed by atoms with Gasteiger partial charge in [0.05, 0.1) is 0 Å². The molecule has 0 aromatic heterocycles. The van der Waals surface area contributed by atoms with Crippen LogP contribution in [0.15, 0.2) is 9.98 Å². The minimum Gasteiger partial charge on any atom is -0.368 e. The van der Waals surface area contributed by atoms with Gasteiger partial charge in [-0.2, -0.15) is 0 Å². The van der Waals surface area contributed by atoms with Gasteiger partial charge in [0.25, 0.3) is 0 Å². The molecule has 0 saturated heterocycles. The minimum atomic E-state index is 0.380. The fourth-order valence-electron chi connectivity index (χ4n) is 0.124. The van der Waals surface area contributed by atoms with Crippen LogP contribution < -0.4 is 5.73 Å². The van der Waals surface area contributed by atoms with Gasteiger partial charge in [0.1, 0.15) is 6.34 Å². The van der Waals surface area contributed by atoms with Gasteiger partial charge in [-0.1, -0.05) is 0 Å². The standard InChI is InChI=1S/C2H3N3/c3-2-4-1-5-2/h1H,(H2,3,4,5). The first kappa shape index (κ1) is 2.38. The first-order chi connectivity index (χ1) is 2.39. The van der Waals surface area contributed by atoms with Crippen molar-refractivity contribution in [1.82, 2.24) is 0 Å². The summed E-state index contributed by atoms with van der Waals surface area (Å²) in [6, 6.07) is 0. The topological polar surface area (TPSA) is 50.7 Å². The SMILES string of the molecule is NC1=NC=N1. The Labute approximate surface area is 29.2 Å². The highest BCUT2D eigenvalue weighted by atomic mass is 15.1. The van der Waals surface area contributed by atoms with Crippen molar-refractivity contribution >= 4 is 12.3 Å². The average molecular weight is 69.1 g/mol. The molecule has 0 bridgehead atoms. The predicted molar refractivity (Wildman–Crippen MR) is 20.1 cm³/mol. The number of aliphatic imine (C=N–C) groups is 2. The molecule has 1 heterocycles. The van der Waals surface area contributed by atoms with Crippen LogP contribution in [0.4, 0.5) is 0 Å². The van der Waals surface area contributed by atoms with Crippen molar-refractivity contribution in [3.8, 4) is 0 Å². The summed E-state index contributed by atoms with van der Waals surface area (Å²) in [7, 11) is 0. The Morgan fingerprint density at radius 2 is 2.20 bits per heavy atom. The third-order valence-electron chi connectivity index (χ3n) is 0.380. The molecule has 0 saturated carbocycles. The van der Waals surface area contributed by atoms with Crippen LogP contribution >= 0.6 is 0 Å². The van der Waals surface area contributed by atoms with Crippen LogP contribution in [0.25, 0.3) is 0 Å². The molecule has 0 aromatic carbocycles. The van der Waals surface area contributed by atoms with Crippen LogP contribution in [0.5, 0.6) is 0 Å². The van der Waals surface area contributed by atoms with Crippen molar-refractivity contribution in [2.75, 3.05) is 0 Å². The minimum absolute atomic E-state index is 0.380. The molecule has 5 heavy (non-hydrogen) atoms. The molecule has 1 aliphatic rings. The van der Waals surface area contributed by atoms with Crippen LogP contribution in [-0.4, -0.2) is 12.3 Å². The first-order valence-electron chi connectivity index (χ1n) is 1.25. The Hall–Kier alpha value is -0.860. The summed E-state index contributed by atoms with van der Waals surface area (Å²) in [6.45, 7) is 0. The van der Waals surface area contributed by atoms with E-state index in [-0.39, 0.29) is 0 Å². The van der Waals surface area contributed by atoms with Gasteiger partial charge in [-0.25, -0.2) is 9.98 Å². The maximum Gasteiger partial charge on any atom is 0.222 e. The average Bonchev–Trinajstić information content (AvgIpc) is 1.30. The second-order valence-electron chi connectivity index (χ2n) is 0.732. The molecule has 0 radical (unpaired) electrons. The second kappa shape index (κ2) is 0.544. The monoisotopic (exact) mass is 69.0 g/mol. The summed E-state index contributed by atoms with van der Waals surface area (Å²) in [5.41, 5.74) is 4.93. The van der Waals surface area contributed by atoms with Crippen LogP contribution in [0, 0.1) is 0 Å². The number of nitrogens with zero attached hydrogens (tertiary/aromatic N) is 2. The van der Waals surface area contributed by atoms with Crippen molar-refractivity contribution in [3.05, 3.63) is 0 Å². The largest absolute Gasteiger partial charge is 0.368 e. The quantitative estimate of drug-likeness (QED) is 0.403. The van der Waals surface area contributed by atoms with Gasteiger partial charge in [-0.15, -0.1) is 0 Å². The Balaban J connectivity index is 2.60. The summed E-state index contributed by atoms with van der Waals surface area (Å²) in [4.78, 5) is 6.94. The summed E-state index contributed by atoms with van der Waals surface area (Å²) in [5.74, 6) is 0.380. The molecule has 1 rings (SSSR count). The van der Waals surface area contributed by atoms with Crippen molar-refractivity contribution in [2.45, 2.75) is 0 Å². The smallest absolute Gasteiger partial charge is 0.222 e. The normalized spacial score (nSPS) is 17.2. The molecule has 1 aliphatic heterocycles. The maximum absolute atomic E-state index is 4.93. The van der Waals surface area contributed by atoms with E-state index in [0.29, 0.717) is 5.96 Å². The van der Waals surface area contributed by atoms with Crippen molar-refractivity contribution < 1.29 is 0 Å². The van der Waals surface area contributed by atoms with E-state index >= 15 is 0 Å². The highest BCUT2D eigenvalue weighted by molar-refractivity contribution is 5.98. The van der Waals surface area contributed by atoms with Gasteiger partial charge in [0, 0.05) is 0 Å². The van der Waals surface area contributed by atoms with E-state index < -0.39 is 0 Å². The molecule has 0 unspecified atom stereocenters. The summed E-state index contributed by atoms with van der Waals surface area (Å²) < 4.78 is 0. The lowest BCUT2D eigenvalue weighted by Gasteiger charge is -1.90. The molecule has 0 spiro atoms. The third kappa shape index (κ3) is 0.154. The van der Waals surface area contributed by atoms with Gasteiger partial charge in [-0.05, 0) is 0 Å². The van der Waals surface area contributed by atoms with E-state index in [2.05, 4.69) is 9.98 Å². The number of guanidine groups is 1. The van der Waals surface area contributed by atoms with Crippen LogP contribution in [-0.2, 0) is 0 Å². The summed E-state index contributed by atoms with van der Waals surface area (Å²) >= 11 is 0. The summed E-state index contributed by atoms with van der Waals surface area (Å²) in [5, 5.41) is 0. The lowest BCUT2D eigenvalue weighted by atomic mass is 10.9. The van der Waals surface area contributed by atoms with E-state index in [1.807, 2.05) is 0 Å². The van der Waals surface area contributed by atoms with E-state index in [9.17, 15) is 0 Å². The van der Waals surface area contributed by atoms with E-state index in [0.717, 1.165) is 0 Å². The van der Waals surface area contributed by atoms with Gasteiger partial charge in [0.2, 0.25) is 5.96 Å². The molecular weight excluding hydrogens is 66.0 g/mol. The molecule has 0 amide bonds. The predicted octanol–water partition coefficient (Wildman–Crippen LogP) is -0.657. The Kier molecular flexibility index (Phi) is 0.259. The number of hydrogen-bond acceptors (Lipinski definition) is 3. The molecular formula is C2H3N3. The molecule has 0 aromatic rings. The lowest BCUT2D eigenvalue weighted by molar-refractivity contribution is 1.42. The lowest BCUT2D eigenvalue weighted by Crippen LogP contribution is -2.13. The van der Waals surface area contributed by atoms with Crippen LogP contribution in [0.1, 0.15) is 0 Å². The Morgan fingerprint density at radius 1 is 1.80 bits per heavy atom. The van der Waals surface area contributed by atoms with E-state index in [1.54, 1.807) is 0 Å². The molecule has 0 aliphatic carbocycles.